The van der Waals surface area contributed by atoms with E-state index in [-0.39, 0.29) is 0 Å². The molecule has 0 aromatic heterocycles. The maximum absolute atomic E-state index is 5.84. The van der Waals surface area contributed by atoms with E-state index in [0.717, 1.165) is 84.7 Å². The summed E-state index contributed by atoms with van der Waals surface area (Å²) < 4.78 is 0. The normalized spacial score (nSPS) is 13.0. The largest absolute Gasteiger partial charge is 0.115 e. The van der Waals surface area contributed by atoms with Crippen LogP contribution in [-0.4, -0.2) is 0 Å². The number of hydrogen-bond acceptors (Lipinski definition) is 0. The van der Waals surface area contributed by atoms with Crippen molar-refractivity contribution in [2.45, 2.75) is 51.4 Å². The lowest BCUT2D eigenvalue weighted by Crippen LogP contribution is -2.02. The molecule has 0 spiro atoms. The number of terminal acetylenes is 2. The summed E-state index contributed by atoms with van der Waals surface area (Å²) >= 11 is 0. The molecular weight excluding hydrogens is 553 g/mol. The molecule has 0 saturated carbocycles. The van der Waals surface area contributed by atoms with Gasteiger partial charge in [-0.15, -0.1) is 12.8 Å². The Labute approximate surface area is 273 Å². The molecule has 13 rings (SSSR count). The summed E-state index contributed by atoms with van der Waals surface area (Å²) in [5.41, 5.74) is 16.3. The van der Waals surface area contributed by atoms with Crippen LogP contribution >= 0.6 is 0 Å². The van der Waals surface area contributed by atoms with E-state index in [1.165, 1.54) is 44.5 Å². The fourth-order valence-corrected chi connectivity index (χ4v) is 6.58. The lowest BCUT2D eigenvalue weighted by atomic mass is 9.91. The molecule has 0 N–H and O–H groups in total. The summed E-state index contributed by atoms with van der Waals surface area (Å²) in [6.07, 6.45) is 19.1. The maximum atomic E-state index is 5.84. The van der Waals surface area contributed by atoms with Crippen LogP contribution in [0.1, 0.15) is 77.9 Å². The van der Waals surface area contributed by atoms with Crippen molar-refractivity contribution >= 4 is 0 Å². The second-order valence-electron chi connectivity index (χ2n) is 12.3. The molecule has 0 amide bonds. The van der Waals surface area contributed by atoms with Crippen molar-refractivity contribution in [1.29, 1.82) is 0 Å². The molecule has 0 saturated heterocycles. The summed E-state index contributed by atoms with van der Waals surface area (Å²) in [4.78, 5) is 0. The Hall–Kier alpha value is -5.66. The Kier molecular flexibility index (Phi) is 8.30. The van der Waals surface area contributed by atoms with Crippen molar-refractivity contribution in [3.63, 3.8) is 0 Å². The molecule has 5 aromatic rings. The molecule has 0 atom stereocenters. The van der Waals surface area contributed by atoms with Crippen LogP contribution in [0.3, 0.4) is 0 Å². The van der Waals surface area contributed by atoms with Gasteiger partial charge in [-0.3, -0.25) is 0 Å². The van der Waals surface area contributed by atoms with Crippen molar-refractivity contribution < 1.29 is 0 Å². The number of aryl methyl sites for hydroxylation is 8. The minimum absolute atomic E-state index is 0.919. The van der Waals surface area contributed by atoms with Crippen LogP contribution in [0.25, 0.3) is 0 Å². The highest BCUT2D eigenvalue weighted by molar-refractivity contribution is 5.57. The van der Waals surface area contributed by atoms with E-state index in [9.17, 15) is 0 Å². The molecular formula is C46H34. The topological polar surface area (TPSA) is 0 Å². The first kappa shape index (κ1) is 29.1. The number of benzene rings is 5. The lowest BCUT2D eigenvalue weighted by molar-refractivity contribution is 0.916. The van der Waals surface area contributed by atoms with Crippen LogP contribution in [0.4, 0.5) is 0 Å². The van der Waals surface area contributed by atoms with E-state index in [0.29, 0.717) is 0 Å². The molecule has 8 aliphatic carbocycles. The van der Waals surface area contributed by atoms with Crippen LogP contribution < -0.4 is 0 Å². The zero-order valence-corrected chi connectivity index (χ0v) is 26.0. The van der Waals surface area contributed by atoms with Gasteiger partial charge in [-0.05, 0) is 132 Å². The Morgan fingerprint density at radius 3 is 0.978 bits per heavy atom. The predicted octanol–water partition coefficient (Wildman–Crippen LogP) is 8.22. The van der Waals surface area contributed by atoms with Crippen molar-refractivity contribution in [2.75, 3.05) is 0 Å². The van der Waals surface area contributed by atoms with Crippen LogP contribution in [0.15, 0.2) is 97.1 Å². The van der Waals surface area contributed by atoms with Gasteiger partial charge in [0.1, 0.15) is 0 Å². The Bertz CT molecular complexity index is 2030. The fraction of sp³-hybridized carbons (Fsp3) is 0.174. The smallest absolute Gasteiger partial charge is 0.0405 e. The minimum atomic E-state index is 0.919. The molecule has 0 heterocycles. The van der Waals surface area contributed by atoms with Gasteiger partial charge < -0.3 is 0 Å². The SMILES string of the molecule is C#Cc1cc2ccc1CCc1ccc(c(C#Cc3ccccc3C#Cc3cc4ccc3CCc3ccc(c(C#C)c3)CC4)c1)CC2. The van der Waals surface area contributed by atoms with Crippen molar-refractivity contribution in [1.82, 2.24) is 0 Å². The van der Waals surface area contributed by atoms with Gasteiger partial charge in [-0.25, -0.2) is 0 Å². The molecule has 0 fully saturated rings. The van der Waals surface area contributed by atoms with Gasteiger partial charge in [0.25, 0.3) is 0 Å². The third-order valence-electron chi connectivity index (χ3n) is 9.33. The summed E-state index contributed by atoms with van der Waals surface area (Å²) in [7, 11) is 0. The molecule has 0 nitrogen and oxygen atoms in total. The highest BCUT2D eigenvalue weighted by Crippen LogP contribution is 2.23. The first-order chi connectivity index (χ1) is 22.6. The molecule has 0 radical (unpaired) electrons. The monoisotopic (exact) mass is 586 g/mol. The molecule has 0 aliphatic heterocycles. The minimum Gasteiger partial charge on any atom is -0.115 e. The third-order valence-corrected chi connectivity index (χ3v) is 9.33. The van der Waals surface area contributed by atoms with Crippen LogP contribution in [0.2, 0.25) is 0 Å². The maximum Gasteiger partial charge on any atom is 0.0405 e. The molecule has 0 unspecified atom stereocenters. The summed E-state index contributed by atoms with van der Waals surface area (Å²) in [6.45, 7) is 0. The standard InChI is InChI=1S/C46H34/c1-3-37-29-33-9-17-41(37)19-11-35-15-23-43(21-13-33)45(31-35)27-25-39-7-5-6-8-40(39)26-28-46-32-36-12-20-42-18-10-34(30-38(42)4-2)14-22-44(46)24-16-36/h1-2,5-10,15-18,23-24,29-32H,11-14,19-22H2. The molecule has 5 aromatic carbocycles. The van der Waals surface area contributed by atoms with Crippen molar-refractivity contribution in [3.8, 4) is 48.4 Å². The average molecular weight is 587 g/mol. The zero-order chi connectivity index (χ0) is 31.3. The van der Waals surface area contributed by atoms with Crippen LogP contribution in [0, 0.1) is 48.4 Å². The van der Waals surface area contributed by atoms with Crippen molar-refractivity contribution in [2.24, 2.45) is 0 Å². The molecule has 0 heteroatoms. The van der Waals surface area contributed by atoms with E-state index < -0.39 is 0 Å². The Morgan fingerprint density at radius 2 is 0.630 bits per heavy atom. The summed E-state index contributed by atoms with van der Waals surface area (Å²) in [5.74, 6) is 19.9. The van der Waals surface area contributed by atoms with Gasteiger partial charge in [0.2, 0.25) is 0 Å². The third kappa shape index (κ3) is 6.41. The predicted molar refractivity (Wildman–Crippen MR) is 190 cm³/mol. The second-order valence-corrected chi connectivity index (χ2v) is 12.3. The van der Waals surface area contributed by atoms with E-state index in [4.69, 9.17) is 12.8 Å². The summed E-state index contributed by atoms with van der Waals surface area (Å²) in [5, 5.41) is 0. The number of hydrogen-bond donors (Lipinski definition) is 0. The van der Waals surface area contributed by atoms with E-state index in [1.807, 2.05) is 12.1 Å². The van der Waals surface area contributed by atoms with Gasteiger partial charge in [-0.1, -0.05) is 96.2 Å². The van der Waals surface area contributed by atoms with E-state index >= 15 is 0 Å². The molecule has 8 aliphatic rings. The van der Waals surface area contributed by atoms with Gasteiger partial charge in [0, 0.05) is 33.4 Å². The van der Waals surface area contributed by atoms with Gasteiger partial charge in [-0.2, -0.15) is 0 Å². The van der Waals surface area contributed by atoms with Crippen molar-refractivity contribution in [3.05, 3.63) is 175 Å². The summed E-state index contributed by atoms with van der Waals surface area (Å²) in [6, 6.07) is 35.1. The van der Waals surface area contributed by atoms with Gasteiger partial charge in [0.15, 0.2) is 0 Å². The quantitative estimate of drug-likeness (QED) is 0.160. The van der Waals surface area contributed by atoms with Crippen LogP contribution in [0.5, 0.6) is 0 Å². The van der Waals surface area contributed by atoms with Crippen LogP contribution in [-0.2, 0) is 51.4 Å². The first-order valence-electron chi connectivity index (χ1n) is 16.2. The lowest BCUT2D eigenvalue weighted by Gasteiger charge is -2.13. The highest BCUT2D eigenvalue weighted by Gasteiger charge is 2.11. The van der Waals surface area contributed by atoms with E-state index in [2.05, 4.69) is 120 Å². The zero-order valence-electron chi connectivity index (χ0n) is 26.0. The highest BCUT2D eigenvalue weighted by atomic mass is 14.2. The number of rotatable bonds is 0. The molecule has 46 heavy (non-hydrogen) atoms. The van der Waals surface area contributed by atoms with E-state index in [1.54, 1.807) is 0 Å². The Morgan fingerprint density at radius 1 is 0.326 bits per heavy atom. The molecule has 218 valence electrons. The second kappa shape index (κ2) is 13.1. The fourth-order valence-electron chi connectivity index (χ4n) is 6.58. The van der Waals surface area contributed by atoms with Gasteiger partial charge in [0.05, 0.1) is 0 Å². The average Bonchev–Trinajstić information content (AvgIpc) is 3.09. The molecule has 8 bridgehead atoms. The van der Waals surface area contributed by atoms with Gasteiger partial charge >= 0.3 is 0 Å². The first-order valence-corrected chi connectivity index (χ1v) is 16.2. The Balaban J connectivity index is 1.18.